The van der Waals surface area contributed by atoms with Crippen LogP contribution < -0.4 is 15.0 Å². The number of benzene rings is 1. The van der Waals surface area contributed by atoms with Crippen molar-refractivity contribution < 1.29 is 14.3 Å². The number of aromatic nitrogens is 3. The lowest BCUT2D eigenvalue weighted by molar-refractivity contribution is -0.134. The van der Waals surface area contributed by atoms with Crippen LogP contribution in [0.2, 0.25) is 0 Å². The zero-order valence-corrected chi connectivity index (χ0v) is 16.6. The van der Waals surface area contributed by atoms with Gasteiger partial charge in [-0.25, -0.2) is 4.98 Å². The maximum atomic E-state index is 12.8. The van der Waals surface area contributed by atoms with Crippen LogP contribution in [0.15, 0.2) is 59.7 Å². The third-order valence-corrected chi connectivity index (χ3v) is 5.05. The van der Waals surface area contributed by atoms with Gasteiger partial charge in [-0.3, -0.25) is 14.6 Å². The van der Waals surface area contributed by atoms with Gasteiger partial charge in [0.2, 0.25) is 0 Å². The molecule has 1 aromatic carbocycles. The third kappa shape index (κ3) is 4.32. The van der Waals surface area contributed by atoms with Crippen LogP contribution in [0.5, 0.6) is 11.5 Å². The number of nitrogens with one attached hydrogen (secondary N) is 1. The zero-order chi connectivity index (χ0) is 20.9. The van der Waals surface area contributed by atoms with E-state index in [0.717, 1.165) is 24.2 Å². The summed E-state index contributed by atoms with van der Waals surface area (Å²) in [6.07, 6.45) is 4.87. The predicted molar refractivity (Wildman–Crippen MR) is 110 cm³/mol. The smallest absolute Gasteiger partial charge is 0.261 e. The van der Waals surface area contributed by atoms with Gasteiger partial charge in [-0.2, -0.15) is 0 Å². The Kier molecular flexibility index (Phi) is 5.74. The lowest BCUT2D eigenvalue weighted by atomic mass is 10.1. The molecule has 1 aliphatic heterocycles. The predicted octanol–water partition coefficient (Wildman–Crippen LogP) is 2.58. The van der Waals surface area contributed by atoms with E-state index < -0.39 is 0 Å². The Balaban J connectivity index is 1.49. The van der Waals surface area contributed by atoms with Crippen LogP contribution in [0.1, 0.15) is 24.7 Å². The van der Waals surface area contributed by atoms with Crippen LogP contribution >= 0.6 is 0 Å². The number of methoxy groups -OCH3 is 1. The quantitative estimate of drug-likeness (QED) is 0.676. The van der Waals surface area contributed by atoms with E-state index in [4.69, 9.17) is 9.47 Å². The topological polar surface area (TPSA) is 97.4 Å². The SMILES string of the molecule is COc1ccc(OCC(=O)N2CCCC2c2nc(-c3ccncc3)cc(=O)[nH]2)cc1. The molecular formula is C22H22N4O4. The summed E-state index contributed by atoms with van der Waals surface area (Å²) >= 11 is 0. The summed E-state index contributed by atoms with van der Waals surface area (Å²) < 4.78 is 10.8. The van der Waals surface area contributed by atoms with Gasteiger partial charge in [0, 0.05) is 30.6 Å². The van der Waals surface area contributed by atoms with Gasteiger partial charge in [0.05, 0.1) is 18.8 Å². The second-order valence-corrected chi connectivity index (χ2v) is 6.96. The molecule has 1 N–H and O–H groups in total. The number of amides is 1. The van der Waals surface area contributed by atoms with Gasteiger partial charge >= 0.3 is 0 Å². The van der Waals surface area contributed by atoms with E-state index in [9.17, 15) is 9.59 Å². The molecule has 8 heteroatoms. The zero-order valence-electron chi connectivity index (χ0n) is 16.6. The number of nitrogens with zero attached hydrogens (tertiary/aromatic N) is 3. The summed E-state index contributed by atoms with van der Waals surface area (Å²) in [5.74, 6) is 1.65. The molecule has 0 aliphatic carbocycles. The Morgan fingerprint density at radius 1 is 1.17 bits per heavy atom. The third-order valence-electron chi connectivity index (χ3n) is 5.05. The van der Waals surface area contributed by atoms with E-state index in [1.807, 2.05) is 0 Å². The first kappa shape index (κ1) is 19.6. The molecule has 0 radical (unpaired) electrons. The fraction of sp³-hybridized carbons (Fsp3) is 0.273. The molecule has 30 heavy (non-hydrogen) atoms. The summed E-state index contributed by atoms with van der Waals surface area (Å²) in [6, 6.07) is 11.8. The van der Waals surface area contributed by atoms with Crippen molar-refractivity contribution in [2.24, 2.45) is 0 Å². The van der Waals surface area contributed by atoms with Gasteiger partial charge in [-0.15, -0.1) is 0 Å². The van der Waals surface area contributed by atoms with Crippen molar-refractivity contribution >= 4 is 5.91 Å². The Morgan fingerprint density at radius 2 is 1.90 bits per heavy atom. The number of H-pyrrole nitrogens is 1. The van der Waals surface area contributed by atoms with E-state index in [0.29, 0.717) is 23.8 Å². The second-order valence-electron chi connectivity index (χ2n) is 6.96. The highest BCUT2D eigenvalue weighted by molar-refractivity contribution is 5.78. The number of pyridine rings is 1. The summed E-state index contributed by atoms with van der Waals surface area (Å²) in [6.45, 7) is 0.510. The van der Waals surface area contributed by atoms with Crippen LogP contribution in [-0.4, -0.2) is 46.0 Å². The van der Waals surface area contributed by atoms with Gasteiger partial charge in [0.1, 0.15) is 17.3 Å². The minimum Gasteiger partial charge on any atom is -0.497 e. The molecule has 8 nitrogen and oxygen atoms in total. The summed E-state index contributed by atoms with van der Waals surface area (Å²) in [7, 11) is 1.59. The maximum absolute atomic E-state index is 12.8. The van der Waals surface area contributed by atoms with Crippen molar-refractivity contribution in [3.05, 3.63) is 71.0 Å². The van der Waals surface area contributed by atoms with Gasteiger partial charge in [-0.05, 0) is 49.2 Å². The lowest BCUT2D eigenvalue weighted by Gasteiger charge is -2.24. The van der Waals surface area contributed by atoms with Crippen molar-refractivity contribution in [2.75, 3.05) is 20.3 Å². The van der Waals surface area contributed by atoms with Crippen molar-refractivity contribution in [2.45, 2.75) is 18.9 Å². The number of aromatic amines is 1. The highest BCUT2D eigenvalue weighted by atomic mass is 16.5. The van der Waals surface area contributed by atoms with Crippen LogP contribution in [0.25, 0.3) is 11.3 Å². The Hall–Kier alpha value is -3.68. The van der Waals surface area contributed by atoms with Crippen LogP contribution in [0, 0.1) is 0 Å². The average Bonchev–Trinajstić information content (AvgIpc) is 3.28. The number of carbonyl (C=O) groups is 1. The number of hydrogen-bond donors (Lipinski definition) is 1. The van der Waals surface area contributed by atoms with Gasteiger partial charge in [0.15, 0.2) is 6.61 Å². The maximum Gasteiger partial charge on any atom is 0.261 e. The summed E-state index contributed by atoms with van der Waals surface area (Å²) in [5.41, 5.74) is 1.11. The molecular weight excluding hydrogens is 384 g/mol. The first-order chi connectivity index (χ1) is 14.6. The first-order valence-corrected chi connectivity index (χ1v) is 9.72. The number of rotatable bonds is 6. The highest BCUT2D eigenvalue weighted by Crippen LogP contribution is 2.30. The van der Waals surface area contributed by atoms with Gasteiger partial charge < -0.3 is 19.4 Å². The largest absolute Gasteiger partial charge is 0.497 e. The van der Waals surface area contributed by atoms with Crippen molar-refractivity contribution in [3.63, 3.8) is 0 Å². The molecule has 3 aromatic rings. The monoisotopic (exact) mass is 406 g/mol. The molecule has 1 fully saturated rings. The number of ether oxygens (including phenoxy) is 2. The minimum atomic E-state index is -0.286. The van der Waals surface area contributed by atoms with Gasteiger partial charge in [-0.1, -0.05) is 0 Å². The van der Waals surface area contributed by atoms with E-state index >= 15 is 0 Å². The van der Waals surface area contributed by atoms with Crippen LogP contribution in [0.4, 0.5) is 0 Å². The molecule has 2 aromatic heterocycles. The Bertz CT molecular complexity index is 1070. The van der Waals surface area contributed by atoms with E-state index in [2.05, 4.69) is 15.0 Å². The minimum absolute atomic E-state index is 0.0862. The van der Waals surface area contributed by atoms with E-state index in [1.54, 1.807) is 60.8 Å². The summed E-state index contributed by atoms with van der Waals surface area (Å²) in [4.78, 5) is 38.2. The Labute approximate surface area is 173 Å². The van der Waals surface area contributed by atoms with E-state index in [-0.39, 0.29) is 24.1 Å². The molecule has 0 bridgehead atoms. The number of hydrogen-bond acceptors (Lipinski definition) is 6. The molecule has 1 aliphatic rings. The summed E-state index contributed by atoms with van der Waals surface area (Å²) in [5, 5.41) is 0. The molecule has 1 atom stereocenters. The fourth-order valence-corrected chi connectivity index (χ4v) is 3.55. The number of carbonyl (C=O) groups excluding carboxylic acids is 1. The number of likely N-dealkylation sites (tertiary alicyclic amines) is 1. The molecule has 3 heterocycles. The Morgan fingerprint density at radius 3 is 2.63 bits per heavy atom. The van der Waals surface area contributed by atoms with Crippen molar-refractivity contribution in [3.8, 4) is 22.8 Å². The van der Waals surface area contributed by atoms with E-state index in [1.165, 1.54) is 6.07 Å². The average molecular weight is 406 g/mol. The van der Waals surface area contributed by atoms with Gasteiger partial charge in [0.25, 0.3) is 11.5 Å². The van der Waals surface area contributed by atoms with Crippen LogP contribution in [0.3, 0.4) is 0 Å². The second kappa shape index (κ2) is 8.77. The molecule has 1 amide bonds. The van der Waals surface area contributed by atoms with Crippen molar-refractivity contribution in [1.29, 1.82) is 0 Å². The standard InChI is InChI=1S/C22H22N4O4/c1-29-16-4-6-17(7-5-16)30-14-21(28)26-12-2-3-19(26)22-24-18(13-20(27)25-22)15-8-10-23-11-9-15/h4-11,13,19H,2-3,12,14H2,1H3,(H,24,25,27). The molecule has 1 unspecified atom stereocenters. The molecule has 1 saturated heterocycles. The van der Waals surface area contributed by atoms with Crippen molar-refractivity contribution in [1.82, 2.24) is 19.9 Å². The van der Waals surface area contributed by atoms with Crippen LogP contribution in [-0.2, 0) is 4.79 Å². The molecule has 154 valence electrons. The highest BCUT2D eigenvalue weighted by Gasteiger charge is 2.32. The molecule has 4 rings (SSSR count). The first-order valence-electron chi connectivity index (χ1n) is 9.72. The fourth-order valence-electron chi connectivity index (χ4n) is 3.55. The molecule has 0 spiro atoms. The lowest BCUT2D eigenvalue weighted by Crippen LogP contribution is -2.35. The normalized spacial score (nSPS) is 15.8. The molecule has 0 saturated carbocycles.